The van der Waals surface area contributed by atoms with Gasteiger partial charge in [0, 0.05) is 44.8 Å². The van der Waals surface area contributed by atoms with Crippen LogP contribution in [0.2, 0.25) is 0 Å². The average molecular weight is 539 g/mol. The van der Waals surface area contributed by atoms with Crippen molar-refractivity contribution in [2.75, 3.05) is 44.2 Å². The molecule has 0 bridgehead atoms. The molecule has 0 spiro atoms. The van der Waals surface area contributed by atoms with E-state index in [-0.39, 0.29) is 35.7 Å². The van der Waals surface area contributed by atoms with Gasteiger partial charge < -0.3 is 20.4 Å². The summed E-state index contributed by atoms with van der Waals surface area (Å²) in [4.78, 5) is 21.1. The standard InChI is InChI=1S/C23H30FN5O.HI/c1-3-25-22(30)19-9-7-8-18(16-19)17-27-23(26-4-2)29-14-12-28(13-15-29)21-11-6-5-10-20(21)24;/h5-11,16H,3-4,12-15,17H2,1-2H3,(H,25,30)(H,26,27);1H. The highest BCUT2D eigenvalue weighted by Gasteiger charge is 2.21. The first kappa shape index (κ1) is 24.9. The summed E-state index contributed by atoms with van der Waals surface area (Å²) in [6.07, 6.45) is 0. The molecule has 1 heterocycles. The number of carbonyl (C=O) groups is 1. The first-order valence-corrected chi connectivity index (χ1v) is 10.5. The van der Waals surface area contributed by atoms with E-state index in [1.54, 1.807) is 6.07 Å². The number of nitrogens with zero attached hydrogens (tertiary/aromatic N) is 3. The molecule has 8 heteroatoms. The van der Waals surface area contributed by atoms with Crippen molar-refractivity contribution >= 4 is 41.5 Å². The van der Waals surface area contributed by atoms with Crippen LogP contribution in [-0.4, -0.2) is 56.0 Å². The lowest BCUT2D eigenvalue weighted by atomic mass is 10.1. The second-order valence-corrected chi connectivity index (χ2v) is 7.16. The Morgan fingerprint density at radius 3 is 2.39 bits per heavy atom. The average Bonchev–Trinajstić information content (AvgIpc) is 2.77. The van der Waals surface area contributed by atoms with Gasteiger partial charge in [0.15, 0.2) is 5.96 Å². The van der Waals surface area contributed by atoms with E-state index in [1.165, 1.54) is 6.07 Å². The van der Waals surface area contributed by atoms with Gasteiger partial charge in [-0.2, -0.15) is 0 Å². The van der Waals surface area contributed by atoms with Crippen molar-refractivity contribution in [2.24, 2.45) is 4.99 Å². The molecular formula is C23H31FIN5O. The second kappa shape index (κ2) is 12.5. The zero-order chi connectivity index (χ0) is 21.3. The van der Waals surface area contributed by atoms with Gasteiger partial charge in [0.05, 0.1) is 12.2 Å². The predicted molar refractivity (Wildman–Crippen MR) is 135 cm³/mol. The highest BCUT2D eigenvalue weighted by molar-refractivity contribution is 14.0. The zero-order valence-electron chi connectivity index (χ0n) is 18.1. The number of guanidine groups is 1. The summed E-state index contributed by atoms with van der Waals surface area (Å²) in [6.45, 7) is 8.80. The van der Waals surface area contributed by atoms with Crippen LogP contribution in [0, 0.1) is 5.82 Å². The van der Waals surface area contributed by atoms with Gasteiger partial charge in [-0.1, -0.05) is 24.3 Å². The van der Waals surface area contributed by atoms with E-state index in [4.69, 9.17) is 4.99 Å². The lowest BCUT2D eigenvalue weighted by molar-refractivity contribution is 0.0955. The SMILES string of the molecule is CCNC(=O)c1cccc(CN=C(NCC)N2CCN(c3ccccc3F)CC2)c1.I. The Kier molecular flexibility index (Phi) is 10.0. The minimum atomic E-state index is -0.182. The number of nitrogens with one attached hydrogen (secondary N) is 2. The Hall–Kier alpha value is -2.36. The molecule has 1 fully saturated rings. The third-order valence-electron chi connectivity index (χ3n) is 5.05. The molecule has 31 heavy (non-hydrogen) atoms. The molecule has 3 rings (SSSR count). The number of hydrogen-bond donors (Lipinski definition) is 2. The number of halogens is 2. The van der Waals surface area contributed by atoms with Gasteiger partial charge in [-0.05, 0) is 43.7 Å². The second-order valence-electron chi connectivity index (χ2n) is 7.16. The van der Waals surface area contributed by atoms with Crippen molar-refractivity contribution in [2.45, 2.75) is 20.4 Å². The quantitative estimate of drug-likeness (QED) is 0.336. The Morgan fingerprint density at radius 2 is 1.71 bits per heavy atom. The lowest BCUT2D eigenvalue weighted by Crippen LogP contribution is -2.52. The summed E-state index contributed by atoms with van der Waals surface area (Å²) in [5.41, 5.74) is 2.29. The summed E-state index contributed by atoms with van der Waals surface area (Å²) in [5, 5.41) is 6.17. The number of rotatable bonds is 6. The maximum absolute atomic E-state index is 14.1. The van der Waals surface area contributed by atoms with Crippen molar-refractivity contribution < 1.29 is 9.18 Å². The number of aliphatic imine (C=N–C) groups is 1. The van der Waals surface area contributed by atoms with Crippen LogP contribution < -0.4 is 15.5 Å². The summed E-state index contributed by atoms with van der Waals surface area (Å²) >= 11 is 0. The van der Waals surface area contributed by atoms with Crippen LogP contribution in [0.5, 0.6) is 0 Å². The molecule has 6 nitrogen and oxygen atoms in total. The Balaban J connectivity index is 0.00000341. The van der Waals surface area contributed by atoms with Gasteiger partial charge in [-0.25, -0.2) is 9.38 Å². The van der Waals surface area contributed by atoms with Crippen molar-refractivity contribution in [3.63, 3.8) is 0 Å². The lowest BCUT2D eigenvalue weighted by Gasteiger charge is -2.37. The van der Waals surface area contributed by atoms with Gasteiger partial charge in [0.25, 0.3) is 5.91 Å². The molecular weight excluding hydrogens is 508 g/mol. The van der Waals surface area contributed by atoms with Gasteiger partial charge >= 0.3 is 0 Å². The molecule has 0 saturated carbocycles. The van der Waals surface area contributed by atoms with Gasteiger partial charge in [0.2, 0.25) is 0 Å². The fourth-order valence-electron chi connectivity index (χ4n) is 3.53. The fraction of sp³-hybridized carbons (Fsp3) is 0.391. The number of carbonyl (C=O) groups excluding carboxylic acids is 1. The van der Waals surface area contributed by atoms with Crippen LogP contribution in [0.4, 0.5) is 10.1 Å². The first-order valence-electron chi connectivity index (χ1n) is 10.5. The smallest absolute Gasteiger partial charge is 0.251 e. The van der Waals surface area contributed by atoms with Crippen LogP contribution >= 0.6 is 24.0 Å². The normalized spacial score (nSPS) is 14.1. The predicted octanol–water partition coefficient (Wildman–Crippen LogP) is 3.48. The summed E-state index contributed by atoms with van der Waals surface area (Å²) < 4.78 is 14.1. The number of piperazine rings is 1. The third-order valence-corrected chi connectivity index (χ3v) is 5.05. The Morgan fingerprint density at radius 1 is 1.00 bits per heavy atom. The molecule has 0 unspecified atom stereocenters. The molecule has 2 aromatic carbocycles. The molecule has 0 aliphatic carbocycles. The van der Waals surface area contributed by atoms with Crippen LogP contribution in [0.25, 0.3) is 0 Å². The number of anilines is 1. The maximum Gasteiger partial charge on any atom is 0.251 e. The molecule has 1 aliphatic rings. The minimum absolute atomic E-state index is 0. The van der Waals surface area contributed by atoms with Gasteiger partial charge in [0.1, 0.15) is 5.82 Å². The van der Waals surface area contributed by atoms with Crippen molar-refractivity contribution in [1.82, 2.24) is 15.5 Å². The number of benzene rings is 2. The fourth-order valence-corrected chi connectivity index (χ4v) is 3.53. The summed E-state index contributed by atoms with van der Waals surface area (Å²) in [7, 11) is 0. The minimum Gasteiger partial charge on any atom is -0.366 e. The number of para-hydroxylation sites is 1. The topological polar surface area (TPSA) is 60.0 Å². The molecule has 0 aromatic heterocycles. The van der Waals surface area contributed by atoms with E-state index in [2.05, 4.69) is 20.4 Å². The van der Waals surface area contributed by atoms with Gasteiger partial charge in [-0.3, -0.25) is 4.79 Å². The van der Waals surface area contributed by atoms with Gasteiger partial charge in [-0.15, -0.1) is 24.0 Å². The summed E-state index contributed by atoms with van der Waals surface area (Å²) in [6, 6.07) is 14.5. The molecule has 0 atom stereocenters. The highest BCUT2D eigenvalue weighted by atomic mass is 127. The molecule has 2 N–H and O–H groups in total. The highest BCUT2D eigenvalue weighted by Crippen LogP contribution is 2.20. The largest absolute Gasteiger partial charge is 0.366 e. The molecule has 168 valence electrons. The Labute approximate surface area is 200 Å². The van der Waals surface area contributed by atoms with Crippen LogP contribution in [0.3, 0.4) is 0 Å². The molecule has 2 aromatic rings. The van der Waals surface area contributed by atoms with Crippen molar-refractivity contribution in [3.8, 4) is 0 Å². The van der Waals surface area contributed by atoms with Crippen LogP contribution in [-0.2, 0) is 6.54 Å². The van der Waals surface area contributed by atoms with Crippen LogP contribution in [0.1, 0.15) is 29.8 Å². The van der Waals surface area contributed by atoms with E-state index in [0.29, 0.717) is 24.3 Å². The van der Waals surface area contributed by atoms with Crippen molar-refractivity contribution in [1.29, 1.82) is 0 Å². The van der Waals surface area contributed by atoms with E-state index in [0.717, 1.165) is 44.2 Å². The van der Waals surface area contributed by atoms with E-state index >= 15 is 0 Å². The number of hydrogen-bond acceptors (Lipinski definition) is 3. The number of amides is 1. The summed E-state index contributed by atoms with van der Waals surface area (Å²) in [5.74, 6) is 0.590. The monoisotopic (exact) mass is 539 g/mol. The van der Waals surface area contributed by atoms with Crippen molar-refractivity contribution in [3.05, 3.63) is 65.5 Å². The van der Waals surface area contributed by atoms with E-state index < -0.39 is 0 Å². The van der Waals surface area contributed by atoms with E-state index in [1.807, 2.05) is 50.2 Å². The molecule has 0 radical (unpaired) electrons. The van der Waals surface area contributed by atoms with Crippen LogP contribution in [0.15, 0.2) is 53.5 Å². The maximum atomic E-state index is 14.1. The first-order chi connectivity index (χ1) is 14.6. The molecule has 1 aliphatic heterocycles. The third kappa shape index (κ3) is 6.81. The Bertz CT molecular complexity index is 884. The zero-order valence-corrected chi connectivity index (χ0v) is 20.4. The molecule has 1 amide bonds. The van der Waals surface area contributed by atoms with E-state index in [9.17, 15) is 9.18 Å². The molecule has 1 saturated heterocycles.